The first-order chi connectivity index (χ1) is 15.7. The van der Waals surface area contributed by atoms with Gasteiger partial charge in [0.05, 0.1) is 10.0 Å². The molecule has 33 heavy (non-hydrogen) atoms. The topological polar surface area (TPSA) is 99.4 Å². The molecule has 2 amide bonds. The van der Waals surface area contributed by atoms with Crippen LogP contribution in [0.1, 0.15) is 31.1 Å². The van der Waals surface area contributed by atoms with Crippen molar-refractivity contribution in [2.75, 3.05) is 11.5 Å². The molecule has 1 aliphatic heterocycles. The number of anilines is 1. The Morgan fingerprint density at radius 3 is 2.73 bits per heavy atom. The minimum atomic E-state index is -0.850. The molecule has 0 unspecified atom stereocenters. The molecule has 3 heterocycles. The summed E-state index contributed by atoms with van der Waals surface area (Å²) in [5.74, 6) is 0.283. The smallest absolute Gasteiger partial charge is 0.423 e. The first-order valence-electron chi connectivity index (χ1n) is 10.2. The van der Waals surface area contributed by atoms with E-state index in [-0.39, 0.29) is 18.0 Å². The highest BCUT2D eigenvalue weighted by molar-refractivity contribution is 9.10. The summed E-state index contributed by atoms with van der Waals surface area (Å²) in [5.41, 5.74) is -0.172. The van der Waals surface area contributed by atoms with E-state index in [0.717, 1.165) is 4.90 Å². The van der Waals surface area contributed by atoms with Crippen LogP contribution in [0.3, 0.4) is 0 Å². The second-order valence-electron chi connectivity index (χ2n) is 8.21. The highest BCUT2D eigenvalue weighted by Gasteiger charge is 2.33. The minimum Gasteiger partial charge on any atom is -0.488 e. The zero-order chi connectivity index (χ0) is 23.6. The fourth-order valence-corrected chi connectivity index (χ4v) is 3.66. The van der Waals surface area contributed by atoms with Gasteiger partial charge in [0, 0.05) is 6.54 Å². The molecular weight excluding hydrogens is 490 g/mol. The van der Waals surface area contributed by atoms with E-state index in [1.54, 1.807) is 68.1 Å². The number of fused-ring (bicyclic) bond motifs is 5. The number of hydrogen-bond acceptors (Lipinski definition) is 7. The molecule has 0 saturated heterocycles. The molecule has 3 aromatic rings. The lowest BCUT2D eigenvalue weighted by Crippen LogP contribution is -2.41. The van der Waals surface area contributed by atoms with Gasteiger partial charge in [-0.3, -0.25) is 4.79 Å². The summed E-state index contributed by atoms with van der Waals surface area (Å²) in [6.07, 6.45) is 4.48. The van der Waals surface area contributed by atoms with Crippen LogP contribution < -0.4 is 9.64 Å². The first-order valence-corrected chi connectivity index (χ1v) is 11.0. The second kappa shape index (κ2) is 9.14. The lowest BCUT2D eigenvalue weighted by Gasteiger charge is -2.26. The van der Waals surface area contributed by atoms with Crippen LogP contribution in [-0.4, -0.2) is 44.0 Å². The van der Waals surface area contributed by atoms with E-state index in [9.17, 15) is 9.59 Å². The Kier molecular flexibility index (Phi) is 6.28. The van der Waals surface area contributed by atoms with E-state index < -0.39 is 17.6 Å². The van der Waals surface area contributed by atoms with Gasteiger partial charge in [-0.15, -0.1) is 10.2 Å². The van der Waals surface area contributed by atoms with Gasteiger partial charge >= 0.3 is 6.09 Å². The summed E-state index contributed by atoms with van der Waals surface area (Å²) in [6.45, 7) is 5.90. The predicted octanol–water partition coefficient (Wildman–Crippen LogP) is 4.63. The number of rotatable bonds is 0. The number of carbonyl (C=O) groups excluding carboxylic acids is 2. The standard InChI is InChI=1S/C23H22BrN5O4/c1-23(2,3)33-22(31)29-18-11-7-10-17(26-18)20-27-25-14-28(20)12-4-5-13-32-19-15(21(29)30)8-6-9-16(19)24/h4-11,14H,12-13H2,1-3H3/b5-4-. The van der Waals surface area contributed by atoms with E-state index in [1.807, 2.05) is 12.2 Å². The lowest BCUT2D eigenvalue weighted by atomic mass is 10.1. The Bertz CT molecular complexity index is 1230. The van der Waals surface area contributed by atoms with Crippen molar-refractivity contribution in [2.45, 2.75) is 32.9 Å². The van der Waals surface area contributed by atoms with Gasteiger partial charge in [0.2, 0.25) is 0 Å². The lowest BCUT2D eigenvalue weighted by molar-refractivity contribution is 0.0562. The fraction of sp³-hybridized carbons (Fsp3) is 0.261. The van der Waals surface area contributed by atoms with Crippen LogP contribution in [0.15, 0.2) is 59.4 Å². The largest absolute Gasteiger partial charge is 0.488 e. The summed E-state index contributed by atoms with van der Waals surface area (Å²) in [4.78, 5) is 32.4. The van der Waals surface area contributed by atoms with E-state index >= 15 is 0 Å². The number of benzene rings is 1. The number of hydrogen-bond donors (Lipinski definition) is 0. The van der Waals surface area contributed by atoms with Crippen LogP contribution in [0.2, 0.25) is 0 Å². The van der Waals surface area contributed by atoms with E-state index in [2.05, 4.69) is 31.1 Å². The molecule has 0 radical (unpaired) electrons. The molecule has 9 nitrogen and oxygen atoms in total. The van der Waals surface area contributed by atoms with Crippen LogP contribution in [0, 0.1) is 0 Å². The van der Waals surface area contributed by atoms with Gasteiger partial charge in [0.1, 0.15) is 35.8 Å². The van der Waals surface area contributed by atoms with Gasteiger partial charge in [-0.1, -0.05) is 18.2 Å². The number of allylic oxidation sites excluding steroid dienone is 1. The van der Waals surface area contributed by atoms with Gasteiger partial charge in [0.25, 0.3) is 5.91 Å². The highest BCUT2D eigenvalue weighted by atomic mass is 79.9. The zero-order valence-corrected chi connectivity index (χ0v) is 19.9. The SMILES string of the molecule is CC(C)(C)OC(=O)N1C(=O)c2cccc(Br)c2OC/C=C\Cn2cnnc2-c2cccc1n2. The highest BCUT2D eigenvalue weighted by Crippen LogP contribution is 2.32. The average Bonchev–Trinajstić information content (AvgIpc) is 3.21. The summed E-state index contributed by atoms with van der Waals surface area (Å²) in [6, 6.07) is 10.1. The van der Waals surface area contributed by atoms with Crippen LogP contribution in [0.4, 0.5) is 10.6 Å². The summed E-state index contributed by atoms with van der Waals surface area (Å²) in [7, 11) is 0. The molecule has 10 heteroatoms. The van der Waals surface area contributed by atoms with Crippen LogP contribution in [0.25, 0.3) is 11.5 Å². The third-order valence-corrected chi connectivity index (χ3v) is 5.20. The number of imide groups is 1. The van der Waals surface area contributed by atoms with Crippen LogP contribution >= 0.6 is 15.9 Å². The second-order valence-corrected chi connectivity index (χ2v) is 9.06. The number of para-hydroxylation sites is 1. The maximum absolute atomic E-state index is 13.7. The molecular formula is C23H22BrN5O4. The van der Waals surface area contributed by atoms with Gasteiger partial charge in [0.15, 0.2) is 5.82 Å². The van der Waals surface area contributed by atoms with Crippen molar-refractivity contribution in [1.82, 2.24) is 19.7 Å². The maximum Gasteiger partial charge on any atom is 0.423 e. The number of nitrogens with zero attached hydrogens (tertiary/aromatic N) is 5. The molecule has 0 fully saturated rings. The molecule has 0 spiro atoms. The quantitative estimate of drug-likeness (QED) is 0.405. The van der Waals surface area contributed by atoms with Crippen LogP contribution in [-0.2, 0) is 11.3 Å². The van der Waals surface area contributed by atoms with Crippen molar-refractivity contribution in [3.8, 4) is 17.3 Å². The van der Waals surface area contributed by atoms with E-state index in [0.29, 0.717) is 28.3 Å². The number of pyridine rings is 1. The Labute approximate surface area is 199 Å². The van der Waals surface area contributed by atoms with E-state index in [1.165, 1.54) is 0 Å². The molecule has 4 rings (SSSR count). The normalized spacial score (nSPS) is 15.0. The van der Waals surface area contributed by atoms with Crippen molar-refractivity contribution in [1.29, 1.82) is 0 Å². The Hall–Kier alpha value is -3.53. The Morgan fingerprint density at radius 1 is 1.15 bits per heavy atom. The predicted molar refractivity (Wildman–Crippen MR) is 125 cm³/mol. The van der Waals surface area contributed by atoms with Crippen molar-refractivity contribution in [2.24, 2.45) is 0 Å². The van der Waals surface area contributed by atoms with E-state index in [4.69, 9.17) is 9.47 Å². The number of halogens is 1. The summed E-state index contributed by atoms with van der Waals surface area (Å²) in [5, 5.41) is 8.13. The van der Waals surface area contributed by atoms with Gasteiger partial charge in [-0.25, -0.2) is 9.78 Å². The monoisotopic (exact) mass is 511 g/mol. The number of amides is 2. The third-order valence-electron chi connectivity index (χ3n) is 4.58. The Morgan fingerprint density at radius 2 is 1.94 bits per heavy atom. The zero-order valence-electron chi connectivity index (χ0n) is 18.4. The third kappa shape index (κ3) is 4.95. The fourth-order valence-electron chi connectivity index (χ4n) is 3.18. The molecule has 0 N–H and O–H groups in total. The molecule has 0 atom stereocenters. The van der Waals surface area contributed by atoms with Crippen molar-refractivity contribution in [3.63, 3.8) is 0 Å². The van der Waals surface area contributed by atoms with Crippen molar-refractivity contribution in [3.05, 3.63) is 64.9 Å². The molecule has 0 aliphatic carbocycles. The van der Waals surface area contributed by atoms with Crippen LogP contribution in [0.5, 0.6) is 5.75 Å². The minimum absolute atomic E-state index is 0.0971. The molecule has 2 bridgehead atoms. The average molecular weight is 512 g/mol. The summed E-state index contributed by atoms with van der Waals surface area (Å²) >= 11 is 3.44. The maximum atomic E-state index is 13.7. The van der Waals surface area contributed by atoms with Crippen molar-refractivity contribution < 1.29 is 19.1 Å². The van der Waals surface area contributed by atoms with Crippen molar-refractivity contribution >= 4 is 33.7 Å². The van der Waals surface area contributed by atoms with Gasteiger partial charge in [-0.05, 0) is 67.0 Å². The number of ether oxygens (including phenoxy) is 2. The summed E-state index contributed by atoms with van der Waals surface area (Å²) < 4.78 is 13.8. The first kappa shape index (κ1) is 22.7. The molecule has 1 aromatic carbocycles. The van der Waals surface area contributed by atoms with Gasteiger partial charge in [-0.2, -0.15) is 4.90 Å². The Balaban J connectivity index is 1.90. The molecule has 0 saturated carbocycles. The number of carbonyl (C=O) groups is 2. The molecule has 170 valence electrons. The van der Waals surface area contributed by atoms with Gasteiger partial charge < -0.3 is 14.0 Å². The molecule has 1 aliphatic rings. The molecule has 2 aromatic heterocycles. The number of aromatic nitrogens is 4.